The van der Waals surface area contributed by atoms with Gasteiger partial charge in [-0.15, -0.1) is 0 Å². The van der Waals surface area contributed by atoms with Gasteiger partial charge in [-0.1, -0.05) is 77.1 Å². The third-order valence-electron chi connectivity index (χ3n) is 10.6. The smallest absolute Gasteiger partial charge is 0.274 e. The van der Waals surface area contributed by atoms with Crippen LogP contribution >= 0.6 is 43.5 Å². The van der Waals surface area contributed by atoms with Gasteiger partial charge in [0.1, 0.15) is 0 Å². The Balaban J connectivity index is 0.000000151. The largest absolute Gasteiger partial charge is 0.330 e. The van der Waals surface area contributed by atoms with E-state index in [1.165, 1.54) is 58.9 Å². The van der Waals surface area contributed by atoms with Gasteiger partial charge < -0.3 is 9.80 Å². The predicted molar refractivity (Wildman–Crippen MR) is 206 cm³/mol. The van der Waals surface area contributed by atoms with Crippen LogP contribution in [-0.4, -0.2) is 63.9 Å². The highest BCUT2D eigenvalue weighted by atomic mass is 79.9. The van der Waals surface area contributed by atoms with Crippen molar-refractivity contribution in [3.05, 3.63) is 127 Å². The maximum Gasteiger partial charge on any atom is 0.274 e. The van der Waals surface area contributed by atoms with E-state index in [4.69, 9.17) is 11.6 Å². The van der Waals surface area contributed by atoms with Crippen molar-refractivity contribution < 1.29 is 9.59 Å². The molecule has 266 valence electrons. The maximum absolute atomic E-state index is 13.5. The van der Waals surface area contributed by atoms with Gasteiger partial charge in [0.05, 0.1) is 27.8 Å². The van der Waals surface area contributed by atoms with Gasteiger partial charge in [-0.05, 0) is 88.8 Å². The Bertz CT molecular complexity index is 2300. The van der Waals surface area contributed by atoms with Gasteiger partial charge >= 0.3 is 0 Å². The number of benzene rings is 2. The van der Waals surface area contributed by atoms with E-state index in [1.807, 2.05) is 24.1 Å². The highest BCUT2D eigenvalue weighted by Gasteiger charge is 2.38. The van der Waals surface area contributed by atoms with Gasteiger partial charge in [-0.2, -0.15) is 10.2 Å². The fourth-order valence-corrected chi connectivity index (χ4v) is 8.87. The summed E-state index contributed by atoms with van der Waals surface area (Å²) in [7, 11) is 0. The van der Waals surface area contributed by atoms with E-state index < -0.39 is 0 Å². The lowest BCUT2D eigenvalue weighted by molar-refractivity contribution is 0.0533. The fraction of sp³-hybridized carbons (Fsp3) is 0.333. The van der Waals surface area contributed by atoms with E-state index in [2.05, 4.69) is 93.3 Å². The summed E-state index contributed by atoms with van der Waals surface area (Å²) in [5.74, 6) is 0.463. The molecule has 6 aromatic rings. The third kappa shape index (κ3) is 6.88. The first-order valence-corrected chi connectivity index (χ1v) is 19.7. The predicted octanol–water partition coefficient (Wildman–Crippen LogP) is 8.72. The molecule has 2 aromatic carbocycles. The number of carbonyl (C=O) groups is 2. The molecule has 0 bridgehead atoms. The average Bonchev–Trinajstić information content (AvgIpc) is 3.79. The fourth-order valence-electron chi connectivity index (χ4n) is 8.06. The quantitative estimate of drug-likeness (QED) is 0.177. The summed E-state index contributed by atoms with van der Waals surface area (Å²) in [5.41, 5.74) is 7.35. The Hall–Kier alpha value is -4.13. The topological polar surface area (TPSA) is 101 Å². The molecule has 0 saturated heterocycles. The number of aromatic nitrogens is 6. The van der Waals surface area contributed by atoms with Crippen LogP contribution in [0.2, 0.25) is 5.02 Å². The SMILES string of the molecule is CC1c2cc(Br)ccc2CCN1C(=O)c1cc2ncc(Cl)cn2n1.O=C(c1cc2ncc(Br)cn2n1)N1CCc2ccccc2C1C1CCCCC1. The van der Waals surface area contributed by atoms with Crippen molar-refractivity contribution in [2.75, 3.05) is 13.1 Å². The van der Waals surface area contributed by atoms with Crippen LogP contribution in [0.25, 0.3) is 11.3 Å². The molecule has 1 saturated carbocycles. The first-order valence-electron chi connectivity index (χ1n) is 17.7. The molecule has 9 rings (SSSR count). The van der Waals surface area contributed by atoms with Gasteiger partial charge in [0.2, 0.25) is 0 Å². The second kappa shape index (κ2) is 14.7. The minimum atomic E-state index is -0.0882. The van der Waals surface area contributed by atoms with Crippen LogP contribution < -0.4 is 0 Å². The lowest BCUT2D eigenvalue weighted by Gasteiger charge is -2.42. The van der Waals surface area contributed by atoms with Crippen LogP contribution in [0.15, 0.2) is 88.3 Å². The van der Waals surface area contributed by atoms with E-state index in [0.717, 1.165) is 28.3 Å². The molecule has 0 radical (unpaired) electrons. The van der Waals surface area contributed by atoms with Crippen molar-refractivity contribution in [1.29, 1.82) is 0 Å². The van der Waals surface area contributed by atoms with E-state index in [0.29, 0.717) is 40.2 Å². The van der Waals surface area contributed by atoms with Gasteiger partial charge in [0.25, 0.3) is 11.8 Å². The molecule has 13 heteroatoms. The molecule has 4 aromatic heterocycles. The molecule has 3 aliphatic rings. The molecule has 52 heavy (non-hydrogen) atoms. The zero-order valence-corrected chi connectivity index (χ0v) is 32.6. The molecule has 2 aliphatic heterocycles. The molecule has 0 spiro atoms. The first-order chi connectivity index (χ1) is 25.2. The van der Waals surface area contributed by atoms with Crippen molar-refractivity contribution in [2.45, 2.75) is 64.0 Å². The van der Waals surface area contributed by atoms with Crippen molar-refractivity contribution in [2.24, 2.45) is 5.92 Å². The number of halogens is 3. The molecule has 1 aliphatic carbocycles. The van der Waals surface area contributed by atoms with Crippen LogP contribution in [0.3, 0.4) is 0 Å². The minimum Gasteiger partial charge on any atom is -0.330 e. The van der Waals surface area contributed by atoms with Crippen LogP contribution in [0.5, 0.6) is 0 Å². The number of nitrogens with zero attached hydrogens (tertiary/aromatic N) is 8. The molecular weight excluding hydrogens is 808 g/mol. The standard InChI is InChI=1S/C22H23BrN4O.C17H14BrClN4O/c23-17-13-24-20-12-19(25-27(20)14-17)22(28)26-11-10-15-6-4-5-9-18(15)21(26)16-7-2-1-3-8-16;1-10-14-6-12(18)3-2-11(14)4-5-22(10)17(24)15-7-16-20-8-13(19)9-23(16)21-15/h4-6,9,12-14,16,21H,1-3,7-8,10-11H2;2-3,6-10H,4-5H2,1H3. The number of amides is 2. The molecular formula is C39H37Br2ClN8O2. The van der Waals surface area contributed by atoms with Gasteiger partial charge in [-0.3, -0.25) is 9.59 Å². The van der Waals surface area contributed by atoms with Gasteiger partial charge in [0.15, 0.2) is 22.7 Å². The Morgan fingerprint density at radius 2 is 1.37 bits per heavy atom. The van der Waals surface area contributed by atoms with Crippen LogP contribution in [0, 0.1) is 5.92 Å². The summed E-state index contributed by atoms with van der Waals surface area (Å²) < 4.78 is 5.07. The monoisotopic (exact) mass is 842 g/mol. The lowest BCUT2D eigenvalue weighted by atomic mass is 9.77. The summed E-state index contributed by atoms with van der Waals surface area (Å²) in [5, 5.41) is 9.32. The molecule has 10 nitrogen and oxygen atoms in total. The average molecular weight is 845 g/mol. The van der Waals surface area contributed by atoms with E-state index in [-0.39, 0.29) is 23.9 Å². The van der Waals surface area contributed by atoms with Crippen molar-refractivity contribution in [3.8, 4) is 0 Å². The summed E-state index contributed by atoms with van der Waals surface area (Å²) in [6.45, 7) is 3.48. The van der Waals surface area contributed by atoms with E-state index in [1.54, 1.807) is 35.2 Å². The summed E-state index contributed by atoms with van der Waals surface area (Å²) in [6.07, 6.45) is 14.7. The molecule has 2 unspecified atom stereocenters. The number of hydrogen-bond acceptors (Lipinski definition) is 6. The van der Waals surface area contributed by atoms with Crippen molar-refractivity contribution in [1.82, 2.24) is 39.0 Å². The second-order valence-corrected chi connectivity index (χ2v) is 16.0. The number of rotatable bonds is 3. The minimum absolute atomic E-state index is 0.000101. The maximum atomic E-state index is 13.5. The number of carbonyl (C=O) groups excluding carboxylic acids is 2. The number of hydrogen-bond donors (Lipinski definition) is 0. The molecule has 6 heterocycles. The Kier molecular flexibility index (Phi) is 9.88. The van der Waals surface area contributed by atoms with Crippen LogP contribution in [0.1, 0.15) is 94.3 Å². The Morgan fingerprint density at radius 3 is 2.12 bits per heavy atom. The molecule has 2 atom stereocenters. The Labute approximate surface area is 323 Å². The highest BCUT2D eigenvalue weighted by Crippen LogP contribution is 2.42. The summed E-state index contributed by atoms with van der Waals surface area (Å²) in [4.78, 5) is 38.9. The summed E-state index contributed by atoms with van der Waals surface area (Å²) >= 11 is 12.9. The van der Waals surface area contributed by atoms with Gasteiger partial charge in [0, 0.05) is 48.3 Å². The van der Waals surface area contributed by atoms with E-state index >= 15 is 0 Å². The molecule has 0 N–H and O–H groups in total. The van der Waals surface area contributed by atoms with Gasteiger partial charge in [-0.25, -0.2) is 19.0 Å². The highest BCUT2D eigenvalue weighted by molar-refractivity contribution is 9.10. The number of fused-ring (bicyclic) bond motifs is 4. The zero-order valence-electron chi connectivity index (χ0n) is 28.6. The summed E-state index contributed by atoms with van der Waals surface area (Å²) in [6, 6.07) is 18.6. The molecule has 2 amide bonds. The molecule has 1 fully saturated rings. The Morgan fingerprint density at radius 1 is 0.731 bits per heavy atom. The normalized spacial score (nSPS) is 18.8. The van der Waals surface area contributed by atoms with Crippen LogP contribution in [0.4, 0.5) is 0 Å². The van der Waals surface area contributed by atoms with E-state index in [9.17, 15) is 9.59 Å². The van der Waals surface area contributed by atoms with Crippen LogP contribution in [-0.2, 0) is 12.8 Å². The third-order valence-corrected chi connectivity index (χ3v) is 11.7. The van der Waals surface area contributed by atoms with Crippen molar-refractivity contribution in [3.63, 3.8) is 0 Å². The van der Waals surface area contributed by atoms with Crippen molar-refractivity contribution >= 4 is 66.6 Å². The zero-order chi connectivity index (χ0) is 35.9. The lowest BCUT2D eigenvalue weighted by Crippen LogP contribution is -2.43. The first kappa shape index (κ1) is 34.9. The second-order valence-electron chi connectivity index (χ2n) is 13.8.